The fourth-order valence-corrected chi connectivity index (χ4v) is 1.22. The second kappa shape index (κ2) is 2.38. The van der Waals surface area contributed by atoms with Gasteiger partial charge in [0, 0.05) is 12.5 Å². The molecule has 2 unspecified atom stereocenters. The highest BCUT2D eigenvalue weighted by Crippen LogP contribution is 2.16. The molecule has 0 aromatic rings. The lowest BCUT2D eigenvalue weighted by atomic mass is 9.94. The maximum absolute atomic E-state index is 5.59. The number of nitrogens with two attached hydrogens (primary N) is 1. The molecule has 0 fully saturated rings. The Morgan fingerprint density at radius 2 is 2.22 bits per heavy atom. The Labute approximate surface area is 56.2 Å². The summed E-state index contributed by atoms with van der Waals surface area (Å²) in [5.74, 6) is 2.08. The highest BCUT2D eigenvalue weighted by atomic mass is 14.9. The zero-order valence-corrected chi connectivity index (χ0v) is 6.09. The van der Waals surface area contributed by atoms with Gasteiger partial charge in [-0.25, -0.2) is 0 Å². The van der Waals surface area contributed by atoms with Crippen LogP contribution in [0.1, 0.15) is 20.3 Å². The van der Waals surface area contributed by atoms with E-state index in [1.165, 1.54) is 6.42 Å². The van der Waals surface area contributed by atoms with Crippen molar-refractivity contribution in [3.63, 3.8) is 0 Å². The molecule has 0 spiro atoms. The third-order valence-electron chi connectivity index (χ3n) is 1.85. The molecule has 9 heavy (non-hydrogen) atoms. The fraction of sp³-hybridized carbons (Fsp3) is 0.857. The van der Waals surface area contributed by atoms with Crippen molar-refractivity contribution >= 4 is 5.84 Å². The molecule has 2 N–H and O–H groups in total. The van der Waals surface area contributed by atoms with Gasteiger partial charge < -0.3 is 5.73 Å². The first-order valence-electron chi connectivity index (χ1n) is 3.50. The fourth-order valence-electron chi connectivity index (χ4n) is 1.22. The predicted octanol–water partition coefficient (Wildman–Crippen LogP) is 1.02. The van der Waals surface area contributed by atoms with Crippen LogP contribution in [0.15, 0.2) is 4.99 Å². The van der Waals surface area contributed by atoms with Gasteiger partial charge in [-0.2, -0.15) is 0 Å². The van der Waals surface area contributed by atoms with Crippen LogP contribution >= 0.6 is 0 Å². The summed E-state index contributed by atoms with van der Waals surface area (Å²) in [6, 6.07) is 0. The summed E-state index contributed by atoms with van der Waals surface area (Å²) in [5, 5.41) is 0. The Hall–Kier alpha value is -0.530. The lowest BCUT2D eigenvalue weighted by molar-refractivity contribution is 0.465. The molecule has 0 aliphatic carbocycles. The maximum Gasteiger partial charge on any atom is 0.0965 e. The first kappa shape index (κ1) is 6.59. The van der Waals surface area contributed by atoms with Crippen molar-refractivity contribution in [1.29, 1.82) is 0 Å². The predicted molar refractivity (Wildman–Crippen MR) is 39.4 cm³/mol. The average Bonchev–Trinajstić information content (AvgIpc) is 1.80. The van der Waals surface area contributed by atoms with Crippen molar-refractivity contribution in [3.05, 3.63) is 0 Å². The number of hydrogen-bond donors (Lipinski definition) is 1. The zero-order valence-electron chi connectivity index (χ0n) is 6.09. The number of amidine groups is 1. The Morgan fingerprint density at radius 3 is 2.67 bits per heavy atom. The zero-order chi connectivity index (χ0) is 6.85. The minimum absolute atomic E-state index is 0.508. The largest absolute Gasteiger partial charge is 0.387 e. The molecule has 1 heterocycles. The minimum Gasteiger partial charge on any atom is -0.387 e. The van der Waals surface area contributed by atoms with E-state index in [0.717, 1.165) is 18.3 Å². The van der Waals surface area contributed by atoms with E-state index in [1.54, 1.807) is 0 Å². The highest BCUT2D eigenvalue weighted by Gasteiger charge is 2.16. The first-order valence-corrected chi connectivity index (χ1v) is 3.50. The lowest BCUT2D eigenvalue weighted by Gasteiger charge is -2.20. The first-order chi connectivity index (χ1) is 4.20. The van der Waals surface area contributed by atoms with E-state index in [9.17, 15) is 0 Å². The summed E-state index contributed by atoms with van der Waals surface area (Å²) in [4.78, 5) is 4.19. The summed E-state index contributed by atoms with van der Waals surface area (Å²) >= 11 is 0. The normalized spacial score (nSPS) is 36.0. The molecule has 0 radical (unpaired) electrons. The topological polar surface area (TPSA) is 38.4 Å². The third-order valence-corrected chi connectivity index (χ3v) is 1.85. The molecule has 1 aliphatic rings. The van der Waals surface area contributed by atoms with E-state index in [2.05, 4.69) is 18.8 Å². The number of rotatable bonds is 0. The summed E-state index contributed by atoms with van der Waals surface area (Å²) in [6.07, 6.45) is 1.20. The molecule has 0 saturated carbocycles. The van der Waals surface area contributed by atoms with E-state index in [4.69, 9.17) is 5.73 Å². The van der Waals surface area contributed by atoms with Crippen molar-refractivity contribution in [1.82, 2.24) is 0 Å². The van der Waals surface area contributed by atoms with E-state index in [0.29, 0.717) is 5.92 Å². The molecule has 2 heteroatoms. The Morgan fingerprint density at radius 1 is 1.56 bits per heavy atom. The van der Waals surface area contributed by atoms with Crippen molar-refractivity contribution in [2.24, 2.45) is 22.6 Å². The van der Waals surface area contributed by atoms with Crippen LogP contribution in [0.25, 0.3) is 0 Å². The van der Waals surface area contributed by atoms with Crippen molar-refractivity contribution < 1.29 is 0 Å². The van der Waals surface area contributed by atoms with Crippen LogP contribution in [-0.4, -0.2) is 12.4 Å². The molecule has 1 rings (SSSR count). The molecular formula is C7H14N2. The van der Waals surface area contributed by atoms with Gasteiger partial charge in [0.2, 0.25) is 0 Å². The van der Waals surface area contributed by atoms with Crippen LogP contribution in [0, 0.1) is 11.8 Å². The standard InChI is InChI=1S/C7H14N2/c1-5-3-6(2)7(8)9-4-5/h5-6H,3-4H2,1-2H3,(H2,8,9). The van der Waals surface area contributed by atoms with Crippen LogP contribution in [0.4, 0.5) is 0 Å². The van der Waals surface area contributed by atoms with Gasteiger partial charge in [-0.3, -0.25) is 4.99 Å². The van der Waals surface area contributed by atoms with Gasteiger partial charge in [0.25, 0.3) is 0 Å². The summed E-state index contributed by atoms with van der Waals surface area (Å²) < 4.78 is 0. The van der Waals surface area contributed by atoms with Crippen molar-refractivity contribution in [2.75, 3.05) is 6.54 Å². The van der Waals surface area contributed by atoms with Gasteiger partial charge >= 0.3 is 0 Å². The Balaban J connectivity index is 2.56. The molecule has 0 aromatic heterocycles. The van der Waals surface area contributed by atoms with Crippen LogP contribution in [-0.2, 0) is 0 Å². The minimum atomic E-state index is 0.508. The van der Waals surface area contributed by atoms with Gasteiger partial charge in [-0.15, -0.1) is 0 Å². The van der Waals surface area contributed by atoms with Crippen molar-refractivity contribution in [3.8, 4) is 0 Å². The molecule has 0 saturated heterocycles. The Bertz CT molecular complexity index is 129. The van der Waals surface area contributed by atoms with Gasteiger partial charge in [-0.1, -0.05) is 13.8 Å². The number of aliphatic imine (C=N–C) groups is 1. The lowest BCUT2D eigenvalue weighted by Crippen LogP contribution is -2.28. The SMILES string of the molecule is CC1CN=C(N)C(C)C1. The van der Waals surface area contributed by atoms with E-state index in [-0.39, 0.29) is 0 Å². The molecule has 52 valence electrons. The molecule has 1 aliphatic heterocycles. The molecule has 2 atom stereocenters. The summed E-state index contributed by atoms with van der Waals surface area (Å²) in [5.41, 5.74) is 5.59. The summed E-state index contributed by atoms with van der Waals surface area (Å²) in [6.45, 7) is 5.27. The van der Waals surface area contributed by atoms with E-state index >= 15 is 0 Å². The van der Waals surface area contributed by atoms with E-state index in [1.807, 2.05) is 0 Å². The van der Waals surface area contributed by atoms with Gasteiger partial charge in [0.15, 0.2) is 0 Å². The van der Waals surface area contributed by atoms with Crippen LogP contribution in [0.5, 0.6) is 0 Å². The Kier molecular flexibility index (Phi) is 1.74. The van der Waals surface area contributed by atoms with Crippen LogP contribution in [0.2, 0.25) is 0 Å². The molecular weight excluding hydrogens is 112 g/mol. The molecule has 0 amide bonds. The van der Waals surface area contributed by atoms with Gasteiger partial charge in [0.1, 0.15) is 0 Å². The quantitative estimate of drug-likeness (QED) is 0.517. The van der Waals surface area contributed by atoms with Crippen molar-refractivity contribution in [2.45, 2.75) is 20.3 Å². The maximum atomic E-state index is 5.59. The molecule has 0 aromatic carbocycles. The highest BCUT2D eigenvalue weighted by molar-refractivity contribution is 5.82. The van der Waals surface area contributed by atoms with Gasteiger partial charge in [0.05, 0.1) is 5.84 Å². The second-order valence-corrected chi connectivity index (χ2v) is 3.01. The second-order valence-electron chi connectivity index (χ2n) is 3.01. The van der Waals surface area contributed by atoms with Crippen LogP contribution in [0.3, 0.4) is 0 Å². The third kappa shape index (κ3) is 1.44. The molecule has 0 bridgehead atoms. The summed E-state index contributed by atoms with van der Waals surface area (Å²) in [7, 11) is 0. The smallest absolute Gasteiger partial charge is 0.0965 e. The molecule has 2 nitrogen and oxygen atoms in total. The number of nitrogens with zero attached hydrogens (tertiary/aromatic N) is 1. The van der Waals surface area contributed by atoms with Gasteiger partial charge in [-0.05, 0) is 12.3 Å². The average molecular weight is 126 g/mol. The number of hydrogen-bond acceptors (Lipinski definition) is 2. The monoisotopic (exact) mass is 126 g/mol. The van der Waals surface area contributed by atoms with Crippen LogP contribution < -0.4 is 5.73 Å². The van der Waals surface area contributed by atoms with E-state index < -0.39 is 0 Å².